The first-order valence-corrected chi connectivity index (χ1v) is 11.3. The lowest BCUT2D eigenvalue weighted by molar-refractivity contribution is 0.0696. The molecule has 1 saturated heterocycles. The lowest BCUT2D eigenvalue weighted by Gasteiger charge is -2.29. The number of carboxylic acids is 1. The fourth-order valence-corrected chi connectivity index (χ4v) is 6.23. The number of benzene rings is 1. The molecule has 0 bridgehead atoms. The van der Waals surface area contributed by atoms with Crippen LogP contribution in [0.4, 0.5) is 5.69 Å². The third-order valence-corrected chi connectivity index (χ3v) is 7.73. The molecule has 0 spiro atoms. The highest BCUT2D eigenvalue weighted by molar-refractivity contribution is 7.16. The molecule has 2 aliphatic rings. The number of anilines is 1. The molecular formula is C24H28N2O3S. The molecular weight excluding hydrogens is 396 g/mol. The largest absolute Gasteiger partial charge is 0.478 e. The third-order valence-electron chi connectivity index (χ3n) is 6.40. The molecule has 158 valence electrons. The summed E-state index contributed by atoms with van der Waals surface area (Å²) in [6, 6.07) is 8.18. The van der Waals surface area contributed by atoms with Gasteiger partial charge in [0.1, 0.15) is 0 Å². The van der Waals surface area contributed by atoms with Gasteiger partial charge in [-0.1, -0.05) is 13.8 Å². The summed E-state index contributed by atoms with van der Waals surface area (Å²) in [5.74, 6) is -0.872. The number of methoxy groups -OCH3 is 1. The van der Waals surface area contributed by atoms with E-state index in [-0.39, 0.29) is 11.5 Å². The summed E-state index contributed by atoms with van der Waals surface area (Å²) in [4.78, 5) is 16.7. The average Bonchev–Trinajstić information content (AvgIpc) is 3.31. The smallest absolute Gasteiger partial charge is 0.337 e. The summed E-state index contributed by atoms with van der Waals surface area (Å²) in [6.07, 6.45) is 4.88. The molecule has 4 rings (SSSR count). The van der Waals surface area contributed by atoms with Crippen molar-refractivity contribution in [2.45, 2.75) is 52.0 Å². The first-order valence-electron chi connectivity index (χ1n) is 10.5. The number of carbonyl (C=O) groups is 1. The average molecular weight is 425 g/mol. The number of hydrogen-bond donors (Lipinski definition) is 1. The van der Waals surface area contributed by atoms with Crippen LogP contribution in [0.2, 0.25) is 0 Å². The van der Waals surface area contributed by atoms with Gasteiger partial charge in [-0.2, -0.15) is 5.26 Å². The Balaban J connectivity index is 1.90. The molecule has 1 aromatic carbocycles. The lowest BCUT2D eigenvalue weighted by atomic mass is 9.76. The molecule has 0 amide bonds. The zero-order valence-corrected chi connectivity index (χ0v) is 18.6. The van der Waals surface area contributed by atoms with Crippen molar-refractivity contribution >= 4 is 23.0 Å². The fraction of sp³-hybridized carbons (Fsp3) is 0.500. The zero-order chi connectivity index (χ0) is 21.5. The summed E-state index contributed by atoms with van der Waals surface area (Å²) in [7, 11) is 1.72. The number of fused-ring (bicyclic) bond motifs is 1. The Bertz CT molecular complexity index is 1020. The van der Waals surface area contributed by atoms with Gasteiger partial charge in [0.15, 0.2) is 0 Å². The number of nitrogens with zero attached hydrogens (tertiary/aromatic N) is 2. The number of carboxylic acid groups (broad SMARTS) is 1. The van der Waals surface area contributed by atoms with Crippen molar-refractivity contribution in [1.82, 2.24) is 0 Å². The van der Waals surface area contributed by atoms with Gasteiger partial charge in [-0.3, -0.25) is 0 Å². The van der Waals surface area contributed by atoms with Crippen molar-refractivity contribution in [2.75, 3.05) is 25.2 Å². The predicted molar refractivity (Wildman–Crippen MR) is 119 cm³/mol. The maximum atomic E-state index is 12.4. The Morgan fingerprint density at radius 2 is 2.23 bits per heavy atom. The molecule has 0 radical (unpaired) electrons. The second-order valence-corrected chi connectivity index (χ2v) is 10.2. The molecule has 1 fully saturated rings. The van der Waals surface area contributed by atoms with Crippen LogP contribution in [0.3, 0.4) is 0 Å². The highest BCUT2D eigenvalue weighted by Gasteiger charge is 2.35. The fourth-order valence-electron chi connectivity index (χ4n) is 4.89. The van der Waals surface area contributed by atoms with Crippen molar-refractivity contribution in [3.63, 3.8) is 0 Å². The van der Waals surface area contributed by atoms with Crippen LogP contribution in [-0.2, 0) is 17.6 Å². The molecule has 30 heavy (non-hydrogen) atoms. The van der Waals surface area contributed by atoms with Crippen LogP contribution in [0.25, 0.3) is 10.4 Å². The number of hydrogen-bond acceptors (Lipinski definition) is 5. The topological polar surface area (TPSA) is 73.6 Å². The second-order valence-electron chi connectivity index (χ2n) is 9.14. The second kappa shape index (κ2) is 8.05. The Morgan fingerprint density at radius 1 is 1.43 bits per heavy atom. The Kier molecular flexibility index (Phi) is 5.61. The predicted octanol–water partition coefficient (Wildman–Crippen LogP) is 5.12. The van der Waals surface area contributed by atoms with Gasteiger partial charge in [0.2, 0.25) is 0 Å². The number of rotatable bonds is 5. The van der Waals surface area contributed by atoms with Gasteiger partial charge >= 0.3 is 5.97 Å². The van der Waals surface area contributed by atoms with Crippen LogP contribution < -0.4 is 4.90 Å². The van der Waals surface area contributed by atoms with E-state index < -0.39 is 5.97 Å². The number of ether oxygens (including phenoxy) is 1. The van der Waals surface area contributed by atoms with E-state index in [1.165, 1.54) is 4.88 Å². The van der Waals surface area contributed by atoms with Crippen molar-refractivity contribution < 1.29 is 14.6 Å². The molecule has 2 heterocycles. The SMILES string of the molecule is COC[C@@H]1CCCN1c1ccc(C#N)cc1-c1sc2c(c1C(=O)O)CC(C)(C)CC2. The molecule has 5 nitrogen and oxygen atoms in total. The standard InChI is InChI=1S/C24H28N2O3S/c1-24(2)9-8-20-18(12-24)21(23(27)28)22(30-20)17-11-15(13-25)6-7-19(17)26-10-4-5-16(26)14-29-3/h6-7,11,16H,4-5,8-10,12,14H2,1-3H3,(H,27,28)/t16-/m0/s1. The zero-order valence-electron chi connectivity index (χ0n) is 17.8. The molecule has 1 N–H and O–H groups in total. The minimum Gasteiger partial charge on any atom is -0.478 e. The maximum Gasteiger partial charge on any atom is 0.337 e. The van der Waals surface area contributed by atoms with Gasteiger partial charge in [0, 0.05) is 29.8 Å². The van der Waals surface area contributed by atoms with E-state index in [4.69, 9.17) is 4.74 Å². The number of thiophene rings is 1. The highest BCUT2D eigenvalue weighted by Crippen LogP contribution is 2.48. The Morgan fingerprint density at radius 3 is 2.93 bits per heavy atom. The monoisotopic (exact) mass is 424 g/mol. The van der Waals surface area contributed by atoms with E-state index in [2.05, 4.69) is 24.8 Å². The van der Waals surface area contributed by atoms with Crippen LogP contribution in [0.1, 0.15) is 59.5 Å². The number of nitriles is 1. The first-order chi connectivity index (χ1) is 14.3. The number of aromatic carboxylic acids is 1. The van der Waals surface area contributed by atoms with Gasteiger partial charge in [-0.05, 0) is 61.3 Å². The van der Waals surface area contributed by atoms with Crippen LogP contribution in [0.5, 0.6) is 0 Å². The molecule has 0 saturated carbocycles. The Labute approximate surface area is 181 Å². The van der Waals surface area contributed by atoms with Crippen LogP contribution in [0.15, 0.2) is 18.2 Å². The molecule has 1 aliphatic carbocycles. The summed E-state index contributed by atoms with van der Waals surface area (Å²) in [5.41, 5.74) is 3.95. The normalized spacial score (nSPS) is 20.1. The van der Waals surface area contributed by atoms with Crippen molar-refractivity contribution in [2.24, 2.45) is 5.41 Å². The van der Waals surface area contributed by atoms with E-state index in [1.807, 2.05) is 18.2 Å². The van der Waals surface area contributed by atoms with Crippen molar-refractivity contribution in [1.29, 1.82) is 5.26 Å². The van der Waals surface area contributed by atoms with Crippen molar-refractivity contribution in [3.05, 3.63) is 39.8 Å². The molecule has 6 heteroatoms. The minimum atomic E-state index is -0.872. The molecule has 2 aromatic rings. The number of aryl methyl sites for hydroxylation is 1. The van der Waals surface area contributed by atoms with E-state index in [9.17, 15) is 15.2 Å². The van der Waals surface area contributed by atoms with Gasteiger partial charge in [-0.25, -0.2) is 4.79 Å². The lowest BCUT2D eigenvalue weighted by Crippen LogP contribution is -2.33. The third kappa shape index (κ3) is 3.73. The minimum absolute atomic E-state index is 0.103. The molecule has 1 aromatic heterocycles. The van der Waals surface area contributed by atoms with Gasteiger partial charge in [-0.15, -0.1) is 11.3 Å². The highest BCUT2D eigenvalue weighted by atomic mass is 32.1. The van der Waals surface area contributed by atoms with Gasteiger partial charge in [0.25, 0.3) is 0 Å². The molecule has 1 atom stereocenters. The summed E-state index contributed by atoms with van der Waals surface area (Å²) in [5, 5.41) is 19.7. The van der Waals surface area contributed by atoms with Crippen LogP contribution in [-0.4, -0.2) is 37.4 Å². The van der Waals surface area contributed by atoms with Crippen LogP contribution >= 0.6 is 11.3 Å². The quantitative estimate of drug-likeness (QED) is 0.721. The van der Waals surface area contributed by atoms with Crippen molar-refractivity contribution in [3.8, 4) is 16.5 Å². The Hall–Kier alpha value is -2.36. The van der Waals surface area contributed by atoms with E-state index in [1.54, 1.807) is 18.4 Å². The van der Waals surface area contributed by atoms with Gasteiger partial charge in [0.05, 0.1) is 34.7 Å². The summed E-state index contributed by atoms with van der Waals surface area (Å²) >= 11 is 1.60. The molecule has 0 unspecified atom stereocenters. The first kappa shape index (κ1) is 20.9. The van der Waals surface area contributed by atoms with E-state index in [0.29, 0.717) is 17.7 Å². The maximum absolute atomic E-state index is 12.4. The van der Waals surface area contributed by atoms with Gasteiger partial charge < -0.3 is 14.7 Å². The van der Waals surface area contributed by atoms with Crippen LogP contribution in [0, 0.1) is 16.7 Å². The van der Waals surface area contributed by atoms with E-state index >= 15 is 0 Å². The van der Waals surface area contributed by atoms with E-state index in [0.717, 1.165) is 60.3 Å². The molecule has 1 aliphatic heterocycles. The summed E-state index contributed by atoms with van der Waals surface area (Å²) < 4.78 is 5.43. The summed E-state index contributed by atoms with van der Waals surface area (Å²) in [6.45, 7) is 5.97.